The number of carbonyl (C=O) groups excluding carboxylic acids is 2. The molecule has 2 fully saturated rings. The fraction of sp³-hybridized carbons (Fsp3) is 0.467. The Balaban J connectivity index is 1.63. The summed E-state index contributed by atoms with van der Waals surface area (Å²) in [6.45, 7) is 1.76. The van der Waals surface area contributed by atoms with Gasteiger partial charge < -0.3 is 16.0 Å². The molecule has 1 aromatic rings. The third-order valence-corrected chi connectivity index (χ3v) is 4.20. The van der Waals surface area contributed by atoms with Crippen LogP contribution in [0.25, 0.3) is 0 Å². The number of rotatable bonds is 3. The average Bonchev–Trinajstić information content (AvgIpc) is 3.16. The number of likely N-dealkylation sites (tertiary alicyclic amines) is 1. The van der Waals surface area contributed by atoms with E-state index in [1.165, 1.54) is 12.8 Å². The van der Waals surface area contributed by atoms with E-state index in [0.717, 1.165) is 25.4 Å². The highest BCUT2D eigenvalue weighted by atomic mass is 16.2. The third-order valence-electron chi connectivity index (χ3n) is 4.20. The molecule has 0 bridgehead atoms. The van der Waals surface area contributed by atoms with Crippen molar-refractivity contribution in [3.05, 3.63) is 29.8 Å². The zero-order valence-electron chi connectivity index (χ0n) is 11.3. The van der Waals surface area contributed by atoms with E-state index in [9.17, 15) is 9.59 Å². The Morgan fingerprint density at radius 3 is 2.40 bits per heavy atom. The monoisotopic (exact) mass is 273 g/mol. The van der Waals surface area contributed by atoms with Crippen molar-refractivity contribution in [1.29, 1.82) is 0 Å². The number of hydrogen-bond acceptors (Lipinski definition) is 2. The van der Waals surface area contributed by atoms with E-state index < -0.39 is 6.03 Å². The number of anilines is 1. The molecule has 5 nitrogen and oxygen atoms in total. The zero-order valence-corrected chi connectivity index (χ0v) is 11.3. The van der Waals surface area contributed by atoms with Gasteiger partial charge in [-0.05, 0) is 55.4 Å². The third kappa shape index (κ3) is 2.76. The van der Waals surface area contributed by atoms with Crippen LogP contribution < -0.4 is 11.1 Å². The summed E-state index contributed by atoms with van der Waals surface area (Å²) in [6, 6.07) is 6.27. The molecule has 1 atom stereocenters. The lowest BCUT2D eigenvalue weighted by molar-refractivity contribution is 0.0786. The predicted octanol–water partition coefficient (Wildman–Crippen LogP) is 2.05. The molecule has 0 aromatic heterocycles. The number of carbonyl (C=O) groups is 2. The van der Waals surface area contributed by atoms with E-state index in [4.69, 9.17) is 5.73 Å². The van der Waals surface area contributed by atoms with Crippen LogP contribution in [0.5, 0.6) is 0 Å². The van der Waals surface area contributed by atoms with Crippen LogP contribution in [-0.4, -0.2) is 29.9 Å². The van der Waals surface area contributed by atoms with Crippen LogP contribution in [0.1, 0.15) is 29.6 Å². The fourth-order valence-corrected chi connectivity index (χ4v) is 2.95. The molecule has 1 aromatic carbocycles. The average molecular weight is 273 g/mol. The smallest absolute Gasteiger partial charge is 0.316 e. The predicted molar refractivity (Wildman–Crippen MR) is 76.4 cm³/mol. The van der Waals surface area contributed by atoms with Crippen molar-refractivity contribution in [2.75, 3.05) is 18.4 Å². The molecule has 0 spiro atoms. The van der Waals surface area contributed by atoms with Crippen molar-refractivity contribution >= 4 is 17.6 Å². The lowest BCUT2D eigenvalue weighted by Gasteiger charge is -2.16. The van der Waals surface area contributed by atoms with E-state index in [0.29, 0.717) is 17.2 Å². The summed E-state index contributed by atoms with van der Waals surface area (Å²) in [6.07, 6.45) is 3.80. The molecular formula is C15H19N3O2. The second-order valence-corrected chi connectivity index (χ2v) is 5.70. The van der Waals surface area contributed by atoms with Crippen molar-refractivity contribution in [1.82, 2.24) is 4.90 Å². The molecule has 1 saturated carbocycles. The van der Waals surface area contributed by atoms with Gasteiger partial charge in [-0.3, -0.25) is 4.79 Å². The molecule has 106 valence electrons. The largest absolute Gasteiger partial charge is 0.351 e. The Bertz CT molecular complexity index is 522. The van der Waals surface area contributed by atoms with Gasteiger partial charge in [0.25, 0.3) is 5.91 Å². The van der Waals surface area contributed by atoms with Crippen LogP contribution in [-0.2, 0) is 0 Å². The van der Waals surface area contributed by atoms with Crippen LogP contribution in [0, 0.1) is 11.8 Å². The summed E-state index contributed by atoms with van der Waals surface area (Å²) in [5.74, 6) is 1.64. The minimum absolute atomic E-state index is 0.0822. The maximum atomic E-state index is 12.4. The number of hydrogen-bond donors (Lipinski definition) is 2. The number of nitrogens with zero attached hydrogens (tertiary/aromatic N) is 1. The molecule has 3 N–H and O–H groups in total. The van der Waals surface area contributed by atoms with Gasteiger partial charge in [-0.15, -0.1) is 0 Å². The minimum atomic E-state index is -0.601. The van der Waals surface area contributed by atoms with Gasteiger partial charge in [0, 0.05) is 24.3 Å². The quantitative estimate of drug-likeness (QED) is 0.884. The summed E-state index contributed by atoms with van der Waals surface area (Å²) in [5.41, 5.74) is 6.31. The molecule has 5 heteroatoms. The first-order valence-electron chi connectivity index (χ1n) is 7.09. The lowest BCUT2D eigenvalue weighted by atomic mass is 10.0. The van der Waals surface area contributed by atoms with Gasteiger partial charge in [-0.1, -0.05) is 0 Å². The summed E-state index contributed by atoms with van der Waals surface area (Å²) >= 11 is 0. The van der Waals surface area contributed by atoms with Crippen molar-refractivity contribution in [2.24, 2.45) is 17.6 Å². The Morgan fingerprint density at radius 1 is 1.10 bits per heavy atom. The highest BCUT2D eigenvalue weighted by Crippen LogP contribution is 2.41. The standard InChI is InChI=1S/C15H19N3O2/c16-15(20)17-13-5-3-11(4-6-13)14(19)18-8-7-12(9-18)10-1-2-10/h3-6,10,12H,1-2,7-9H2,(H3,16,17,20). The Hall–Kier alpha value is -2.04. The summed E-state index contributed by atoms with van der Waals surface area (Å²) in [4.78, 5) is 25.1. The topological polar surface area (TPSA) is 75.4 Å². The zero-order chi connectivity index (χ0) is 14.1. The lowest BCUT2D eigenvalue weighted by Crippen LogP contribution is -2.29. The Labute approximate surface area is 118 Å². The molecule has 0 radical (unpaired) electrons. The van der Waals surface area contributed by atoms with Crippen LogP contribution in [0.15, 0.2) is 24.3 Å². The minimum Gasteiger partial charge on any atom is -0.351 e. The van der Waals surface area contributed by atoms with E-state index in [-0.39, 0.29) is 5.91 Å². The normalized spacial score (nSPS) is 21.8. The van der Waals surface area contributed by atoms with Gasteiger partial charge in [0.15, 0.2) is 0 Å². The highest BCUT2D eigenvalue weighted by Gasteiger charge is 2.37. The summed E-state index contributed by atoms with van der Waals surface area (Å²) in [7, 11) is 0. The number of urea groups is 1. The van der Waals surface area contributed by atoms with Crippen molar-refractivity contribution < 1.29 is 9.59 Å². The molecule has 1 unspecified atom stereocenters. The van der Waals surface area contributed by atoms with Gasteiger partial charge in [0.2, 0.25) is 0 Å². The maximum absolute atomic E-state index is 12.4. The van der Waals surface area contributed by atoms with Gasteiger partial charge in [-0.25, -0.2) is 4.79 Å². The number of primary amides is 1. The SMILES string of the molecule is NC(=O)Nc1ccc(C(=O)N2CCC(C3CC3)C2)cc1. The van der Waals surface area contributed by atoms with Crippen LogP contribution in [0.2, 0.25) is 0 Å². The van der Waals surface area contributed by atoms with E-state index in [2.05, 4.69) is 5.32 Å². The van der Waals surface area contributed by atoms with E-state index in [1.807, 2.05) is 4.90 Å². The summed E-state index contributed by atoms with van der Waals surface area (Å²) < 4.78 is 0. The van der Waals surface area contributed by atoms with Crippen molar-refractivity contribution in [3.63, 3.8) is 0 Å². The molecule has 2 aliphatic rings. The van der Waals surface area contributed by atoms with E-state index >= 15 is 0 Å². The van der Waals surface area contributed by atoms with Gasteiger partial charge in [-0.2, -0.15) is 0 Å². The second kappa shape index (κ2) is 5.15. The van der Waals surface area contributed by atoms with Crippen LogP contribution in [0.3, 0.4) is 0 Å². The van der Waals surface area contributed by atoms with Gasteiger partial charge in [0.1, 0.15) is 0 Å². The number of benzene rings is 1. The number of nitrogens with one attached hydrogen (secondary N) is 1. The maximum Gasteiger partial charge on any atom is 0.316 e. The molecule has 3 rings (SSSR count). The van der Waals surface area contributed by atoms with Crippen LogP contribution in [0.4, 0.5) is 10.5 Å². The molecule has 3 amide bonds. The Morgan fingerprint density at radius 2 is 1.80 bits per heavy atom. The van der Waals surface area contributed by atoms with Crippen molar-refractivity contribution in [3.8, 4) is 0 Å². The first-order valence-corrected chi connectivity index (χ1v) is 7.09. The van der Waals surface area contributed by atoms with Crippen LogP contribution >= 0.6 is 0 Å². The fourth-order valence-electron chi connectivity index (χ4n) is 2.95. The molecule has 1 aliphatic heterocycles. The first kappa shape index (κ1) is 13.0. The second-order valence-electron chi connectivity index (χ2n) is 5.70. The molecule has 1 aliphatic carbocycles. The first-order chi connectivity index (χ1) is 9.63. The molecule has 20 heavy (non-hydrogen) atoms. The molecule has 1 heterocycles. The van der Waals surface area contributed by atoms with E-state index in [1.54, 1.807) is 24.3 Å². The molecule has 1 saturated heterocycles. The number of amides is 3. The highest BCUT2D eigenvalue weighted by molar-refractivity contribution is 5.95. The summed E-state index contributed by atoms with van der Waals surface area (Å²) in [5, 5.41) is 2.48. The molecular weight excluding hydrogens is 254 g/mol. The van der Waals surface area contributed by atoms with Gasteiger partial charge >= 0.3 is 6.03 Å². The number of nitrogens with two attached hydrogens (primary N) is 1. The van der Waals surface area contributed by atoms with Crippen molar-refractivity contribution in [2.45, 2.75) is 19.3 Å². The Kier molecular flexibility index (Phi) is 3.34. The van der Waals surface area contributed by atoms with Gasteiger partial charge in [0.05, 0.1) is 0 Å².